The molecule has 2 aliphatic rings. The third-order valence-electron chi connectivity index (χ3n) is 3.84. The summed E-state index contributed by atoms with van der Waals surface area (Å²) in [6.07, 6.45) is 6.10. The van der Waals surface area contributed by atoms with E-state index in [2.05, 4.69) is 18.7 Å². The Labute approximate surface area is 93.0 Å². The second-order valence-corrected chi connectivity index (χ2v) is 6.03. The highest BCUT2D eigenvalue weighted by Gasteiger charge is 2.31. The van der Waals surface area contributed by atoms with Crippen LogP contribution in [0, 0.1) is 11.3 Å². The molecule has 2 rings (SSSR count). The molecule has 0 spiro atoms. The summed E-state index contributed by atoms with van der Waals surface area (Å²) in [5, 5.41) is 0. The maximum absolute atomic E-state index is 11.7. The van der Waals surface area contributed by atoms with Crippen LogP contribution < -0.4 is 0 Å². The fourth-order valence-corrected chi connectivity index (χ4v) is 2.39. The first-order valence-electron chi connectivity index (χ1n) is 6.32. The first kappa shape index (κ1) is 11.1. The van der Waals surface area contributed by atoms with Gasteiger partial charge in [-0.3, -0.25) is 9.69 Å². The topological polar surface area (TPSA) is 20.3 Å². The van der Waals surface area contributed by atoms with E-state index in [-0.39, 0.29) is 0 Å². The molecule has 2 nitrogen and oxygen atoms in total. The molecule has 0 unspecified atom stereocenters. The number of carbonyl (C=O) groups excluding carboxylic acids is 1. The third kappa shape index (κ3) is 3.30. The minimum atomic E-state index is 0.432. The van der Waals surface area contributed by atoms with E-state index in [0.29, 0.717) is 17.1 Å². The lowest BCUT2D eigenvalue weighted by Crippen LogP contribution is -2.32. The number of ketones is 1. The molecule has 0 bridgehead atoms. The van der Waals surface area contributed by atoms with Crippen LogP contribution in [-0.4, -0.2) is 30.3 Å². The molecule has 86 valence electrons. The molecule has 0 atom stereocenters. The number of carbonyl (C=O) groups is 1. The predicted octanol–water partition coefficient (Wildman–Crippen LogP) is 2.48. The quantitative estimate of drug-likeness (QED) is 0.711. The zero-order valence-electron chi connectivity index (χ0n) is 10.1. The van der Waals surface area contributed by atoms with Crippen LogP contribution in [0.25, 0.3) is 0 Å². The first-order valence-corrected chi connectivity index (χ1v) is 6.32. The second-order valence-electron chi connectivity index (χ2n) is 6.03. The van der Waals surface area contributed by atoms with E-state index in [1.54, 1.807) is 0 Å². The number of nitrogens with zero attached hydrogens (tertiary/aromatic N) is 1. The van der Waals surface area contributed by atoms with Crippen LogP contribution in [-0.2, 0) is 4.79 Å². The molecule has 0 aromatic heterocycles. The molecule has 1 aliphatic heterocycles. The van der Waals surface area contributed by atoms with E-state index >= 15 is 0 Å². The zero-order valence-corrected chi connectivity index (χ0v) is 10.1. The van der Waals surface area contributed by atoms with Gasteiger partial charge in [-0.05, 0) is 50.6 Å². The zero-order chi connectivity index (χ0) is 10.9. The van der Waals surface area contributed by atoms with Gasteiger partial charge >= 0.3 is 0 Å². The predicted molar refractivity (Wildman–Crippen MR) is 61.8 cm³/mol. The molecule has 0 aromatic carbocycles. The molecule has 1 aliphatic carbocycles. The third-order valence-corrected chi connectivity index (χ3v) is 3.84. The van der Waals surface area contributed by atoms with Crippen LogP contribution in [0.5, 0.6) is 0 Å². The van der Waals surface area contributed by atoms with Gasteiger partial charge in [-0.2, -0.15) is 0 Å². The maximum Gasteiger partial charge on any atom is 0.149 e. The molecule has 15 heavy (non-hydrogen) atoms. The fourth-order valence-electron chi connectivity index (χ4n) is 2.39. The van der Waals surface area contributed by atoms with Crippen LogP contribution in [0.3, 0.4) is 0 Å². The Balaban J connectivity index is 1.80. The number of Topliss-reactive ketones (excluding diaryl/α,β-unsaturated/α-hetero) is 1. The molecule has 2 fully saturated rings. The minimum Gasteiger partial charge on any atom is -0.298 e. The molecule has 1 heterocycles. The first-order chi connectivity index (χ1) is 7.07. The summed E-state index contributed by atoms with van der Waals surface area (Å²) in [7, 11) is 0. The van der Waals surface area contributed by atoms with Gasteiger partial charge in [0, 0.05) is 5.92 Å². The van der Waals surface area contributed by atoms with Gasteiger partial charge in [-0.15, -0.1) is 0 Å². The lowest BCUT2D eigenvalue weighted by molar-refractivity contribution is -0.121. The molecule has 0 radical (unpaired) electrons. The van der Waals surface area contributed by atoms with Crippen LogP contribution >= 0.6 is 0 Å². The Morgan fingerprint density at radius 3 is 2.67 bits per heavy atom. The summed E-state index contributed by atoms with van der Waals surface area (Å²) < 4.78 is 0. The molecule has 0 amide bonds. The van der Waals surface area contributed by atoms with Crippen LogP contribution in [0.15, 0.2) is 0 Å². The lowest BCUT2D eigenvalue weighted by Gasteiger charge is -2.22. The van der Waals surface area contributed by atoms with Gasteiger partial charge in [0.15, 0.2) is 0 Å². The summed E-state index contributed by atoms with van der Waals surface area (Å²) in [5.74, 6) is 0.927. The van der Waals surface area contributed by atoms with Crippen LogP contribution in [0.1, 0.15) is 46.0 Å². The highest BCUT2D eigenvalue weighted by Crippen LogP contribution is 2.32. The molecule has 0 N–H and O–H groups in total. The number of hydrogen-bond donors (Lipinski definition) is 0. The van der Waals surface area contributed by atoms with Crippen molar-refractivity contribution in [2.75, 3.05) is 19.6 Å². The Bertz CT molecular complexity index is 243. The normalized spacial score (nSPS) is 27.3. The minimum absolute atomic E-state index is 0.432. The van der Waals surface area contributed by atoms with E-state index in [0.717, 1.165) is 32.5 Å². The maximum atomic E-state index is 11.7. The molecule has 1 saturated heterocycles. The Morgan fingerprint density at radius 2 is 2.00 bits per heavy atom. The average Bonchev–Trinajstić information content (AvgIpc) is 2.94. The van der Waals surface area contributed by atoms with Gasteiger partial charge in [0.05, 0.1) is 6.54 Å². The van der Waals surface area contributed by atoms with Crippen molar-refractivity contribution in [3.63, 3.8) is 0 Å². The van der Waals surface area contributed by atoms with Crippen molar-refractivity contribution in [3.8, 4) is 0 Å². The van der Waals surface area contributed by atoms with E-state index in [9.17, 15) is 4.79 Å². The van der Waals surface area contributed by atoms with E-state index in [1.807, 2.05) is 0 Å². The van der Waals surface area contributed by atoms with Crippen molar-refractivity contribution in [2.24, 2.45) is 11.3 Å². The highest BCUT2D eigenvalue weighted by atomic mass is 16.1. The summed E-state index contributed by atoms with van der Waals surface area (Å²) >= 11 is 0. The molecular formula is C13H23NO. The van der Waals surface area contributed by atoms with Gasteiger partial charge in [0.25, 0.3) is 0 Å². The van der Waals surface area contributed by atoms with Crippen molar-refractivity contribution in [3.05, 3.63) is 0 Å². The van der Waals surface area contributed by atoms with E-state index in [4.69, 9.17) is 0 Å². The smallest absolute Gasteiger partial charge is 0.149 e. The molecule has 2 heteroatoms. The van der Waals surface area contributed by atoms with E-state index < -0.39 is 0 Å². The SMILES string of the molecule is CC1(C)CCCN(CC(=O)C2CC2)CC1. The molecule has 0 aromatic rings. The van der Waals surface area contributed by atoms with Gasteiger partial charge in [0.2, 0.25) is 0 Å². The second kappa shape index (κ2) is 4.25. The molecular weight excluding hydrogens is 186 g/mol. The summed E-state index contributed by atoms with van der Waals surface area (Å²) in [6.45, 7) is 7.66. The Morgan fingerprint density at radius 1 is 1.27 bits per heavy atom. The van der Waals surface area contributed by atoms with Crippen LogP contribution in [0.2, 0.25) is 0 Å². The van der Waals surface area contributed by atoms with Crippen molar-refractivity contribution in [1.82, 2.24) is 4.90 Å². The lowest BCUT2D eigenvalue weighted by atomic mass is 9.85. The Kier molecular flexibility index (Phi) is 3.15. The Hall–Kier alpha value is -0.370. The number of hydrogen-bond acceptors (Lipinski definition) is 2. The monoisotopic (exact) mass is 209 g/mol. The fraction of sp³-hybridized carbons (Fsp3) is 0.923. The van der Waals surface area contributed by atoms with Crippen LogP contribution in [0.4, 0.5) is 0 Å². The highest BCUT2D eigenvalue weighted by molar-refractivity contribution is 5.84. The van der Waals surface area contributed by atoms with Gasteiger partial charge < -0.3 is 0 Å². The standard InChI is InChI=1S/C13H23NO/c1-13(2)6-3-8-14(9-7-13)10-12(15)11-4-5-11/h11H,3-10H2,1-2H3. The number of rotatable bonds is 3. The van der Waals surface area contributed by atoms with Crippen molar-refractivity contribution in [1.29, 1.82) is 0 Å². The summed E-state index contributed by atoms with van der Waals surface area (Å²) in [5.41, 5.74) is 0.484. The summed E-state index contributed by atoms with van der Waals surface area (Å²) in [6, 6.07) is 0. The summed E-state index contributed by atoms with van der Waals surface area (Å²) in [4.78, 5) is 14.1. The van der Waals surface area contributed by atoms with Crippen molar-refractivity contribution in [2.45, 2.75) is 46.0 Å². The van der Waals surface area contributed by atoms with Gasteiger partial charge in [-0.25, -0.2) is 0 Å². The largest absolute Gasteiger partial charge is 0.298 e. The number of likely N-dealkylation sites (tertiary alicyclic amines) is 1. The van der Waals surface area contributed by atoms with Crippen molar-refractivity contribution >= 4 is 5.78 Å². The van der Waals surface area contributed by atoms with Gasteiger partial charge in [0.1, 0.15) is 5.78 Å². The van der Waals surface area contributed by atoms with E-state index in [1.165, 1.54) is 19.3 Å². The molecule has 1 saturated carbocycles. The average molecular weight is 209 g/mol. The van der Waals surface area contributed by atoms with Gasteiger partial charge in [-0.1, -0.05) is 13.8 Å². The van der Waals surface area contributed by atoms with Crippen molar-refractivity contribution < 1.29 is 4.79 Å².